The molecule has 2 aromatic rings. The Morgan fingerprint density at radius 2 is 1.86 bits per heavy atom. The molecule has 0 aliphatic carbocycles. The Balaban J connectivity index is 2.57. The van der Waals surface area contributed by atoms with Gasteiger partial charge in [-0.15, -0.1) is 0 Å². The van der Waals surface area contributed by atoms with Gasteiger partial charge < -0.3 is 4.52 Å². The lowest BCUT2D eigenvalue weighted by molar-refractivity contribution is 0.419. The van der Waals surface area contributed by atoms with E-state index in [4.69, 9.17) is 4.52 Å². The molecule has 1 heterocycles. The molecule has 0 aliphatic rings. The van der Waals surface area contributed by atoms with Gasteiger partial charge in [0.15, 0.2) is 0 Å². The number of benzene rings is 1. The largest absolute Gasteiger partial charge is 0.342 e. The van der Waals surface area contributed by atoms with Gasteiger partial charge in [-0.05, 0) is 37.1 Å². The molecule has 2 rings (SSSR count). The van der Waals surface area contributed by atoms with Crippen molar-refractivity contribution in [3.05, 3.63) is 34.1 Å². The van der Waals surface area contributed by atoms with Gasteiger partial charge in [0.2, 0.25) is 12.2 Å². The monoisotopic (exact) mass is 252 g/mol. The number of halogens is 1. The third kappa shape index (κ3) is 1.57. The molecule has 0 radical (unpaired) electrons. The Morgan fingerprint density at radius 1 is 1.21 bits per heavy atom. The average Bonchev–Trinajstić information content (AvgIpc) is 2.66. The minimum absolute atomic E-state index is 0.628. The van der Waals surface area contributed by atoms with E-state index in [0.717, 1.165) is 10.0 Å². The van der Waals surface area contributed by atoms with Crippen LogP contribution in [0.25, 0.3) is 11.4 Å². The first kappa shape index (κ1) is 9.40. The number of hydrogen-bond acceptors (Lipinski definition) is 3. The van der Waals surface area contributed by atoms with E-state index in [0.29, 0.717) is 5.82 Å². The summed E-state index contributed by atoms with van der Waals surface area (Å²) in [4.78, 5) is 4.01. The van der Waals surface area contributed by atoms with Crippen molar-refractivity contribution >= 4 is 15.9 Å². The van der Waals surface area contributed by atoms with Crippen LogP contribution in [0.4, 0.5) is 0 Å². The summed E-state index contributed by atoms with van der Waals surface area (Å²) in [6.45, 7) is 4.08. The van der Waals surface area contributed by atoms with Crippen LogP contribution in [0.5, 0.6) is 0 Å². The fourth-order valence-electron chi connectivity index (χ4n) is 1.37. The topological polar surface area (TPSA) is 38.9 Å². The van der Waals surface area contributed by atoms with Crippen LogP contribution in [0.3, 0.4) is 0 Å². The molecule has 72 valence electrons. The average molecular weight is 253 g/mol. The molecule has 14 heavy (non-hydrogen) atoms. The molecule has 0 fully saturated rings. The molecule has 0 saturated heterocycles. The van der Waals surface area contributed by atoms with Crippen LogP contribution in [0, 0.1) is 13.8 Å². The third-order valence-electron chi connectivity index (χ3n) is 2.06. The Hall–Kier alpha value is -1.16. The van der Waals surface area contributed by atoms with E-state index in [2.05, 4.69) is 26.1 Å². The molecule has 0 atom stereocenters. The summed E-state index contributed by atoms with van der Waals surface area (Å²) < 4.78 is 5.84. The molecule has 0 amide bonds. The van der Waals surface area contributed by atoms with E-state index in [-0.39, 0.29) is 0 Å². The predicted octanol–water partition coefficient (Wildman–Crippen LogP) is 3.12. The van der Waals surface area contributed by atoms with Crippen molar-refractivity contribution < 1.29 is 4.52 Å². The van der Waals surface area contributed by atoms with Gasteiger partial charge in [0.05, 0.1) is 0 Å². The van der Waals surface area contributed by atoms with Crippen LogP contribution >= 0.6 is 15.9 Å². The van der Waals surface area contributed by atoms with Gasteiger partial charge in [-0.25, -0.2) is 0 Å². The Kier molecular flexibility index (Phi) is 2.37. The smallest absolute Gasteiger partial charge is 0.214 e. The van der Waals surface area contributed by atoms with Crippen molar-refractivity contribution in [1.82, 2.24) is 10.1 Å². The van der Waals surface area contributed by atoms with Crippen molar-refractivity contribution in [2.45, 2.75) is 13.8 Å². The Bertz CT molecular complexity index is 428. The van der Waals surface area contributed by atoms with Gasteiger partial charge in [-0.1, -0.05) is 21.1 Å². The highest BCUT2D eigenvalue weighted by atomic mass is 79.9. The molecular weight excluding hydrogens is 244 g/mol. The fourth-order valence-corrected chi connectivity index (χ4v) is 1.60. The first-order valence-corrected chi connectivity index (χ1v) is 5.01. The van der Waals surface area contributed by atoms with E-state index in [1.165, 1.54) is 17.5 Å². The minimum Gasteiger partial charge on any atom is -0.342 e. The Morgan fingerprint density at radius 3 is 2.36 bits per heavy atom. The lowest BCUT2D eigenvalue weighted by atomic mass is 10.1. The van der Waals surface area contributed by atoms with E-state index in [1.54, 1.807) is 0 Å². The molecule has 0 N–H and O–H groups in total. The first-order valence-electron chi connectivity index (χ1n) is 4.22. The van der Waals surface area contributed by atoms with E-state index >= 15 is 0 Å². The molecule has 0 unspecified atom stereocenters. The minimum atomic E-state index is 0.628. The van der Waals surface area contributed by atoms with Crippen LogP contribution in [-0.4, -0.2) is 10.1 Å². The summed E-state index contributed by atoms with van der Waals surface area (Å²) in [5, 5.41) is 3.80. The van der Waals surface area contributed by atoms with Crippen molar-refractivity contribution in [3.8, 4) is 11.4 Å². The molecule has 1 aromatic carbocycles. The summed E-state index contributed by atoms with van der Waals surface area (Å²) >= 11 is 3.51. The normalized spacial score (nSPS) is 10.5. The summed E-state index contributed by atoms with van der Waals surface area (Å²) in [7, 11) is 0. The maximum atomic E-state index is 4.71. The SMILES string of the molecule is Cc1cc(-c2ncon2)cc(C)c1Br. The van der Waals surface area contributed by atoms with E-state index in [1.807, 2.05) is 26.0 Å². The molecule has 0 bridgehead atoms. The standard InChI is InChI=1S/C10H9BrN2O/c1-6-3-8(4-7(2)9(6)11)10-12-5-14-13-10/h3-5H,1-2H3. The highest BCUT2D eigenvalue weighted by Gasteiger charge is 2.07. The summed E-state index contributed by atoms with van der Waals surface area (Å²) in [6, 6.07) is 4.06. The number of rotatable bonds is 1. The first-order chi connectivity index (χ1) is 6.68. The van der Waals surface area contributed by atoms with Crippen LogP contribution < -0.4 is 0 Å². The fraction of sp³-hybridized carbons (Fsp3) is 0.200. The summed E-state index contributed by atoms with van der Waals surface area (Å²) in [5.74, 6) is 0.628. The predicted molar refractivity (Wildman–Crippen MR) is 56.9 cm³/mol. The van der Waals surface area contributed by atoms with Gasteiger partial charge >= 0.3 is 0 Å². The van der Waals surface area contributed by atoms with Gasteiger partial charge in [0.1, 0.15) is 0 Å². The zero-order valence-electron chi connectivity index (χ0n) is 7.91. The molecule has 0 saturated carbocycles. The van der Waals surface area contributed by atoms with Crippen LogP contribution in [0.15, 0.2) is 27.5 Å². The summed E-state index contributed by atoms with van der Waals surface area (Å²) in [6.07, 6.45) is 1.34. The van der Waals surface area contributed by atoms with Gasteiger partial charge in [0, 0.05) is 10.0 Å². The number of aryl methyl sites for hydroxylation is 2. The molecule has 4 heteroatoms. The zero-order valence-corrected chi connectivity index (χ0v) is 9.50. The number of nitrogens with zero attached hydrogens (tertiary/aromatic N) is 2. The quantitative estimate of drug-likeness (QED) is 0.783. The molecule has 1 aromatic heterocycles. The molecule has 0 aliphatic heterocycles. The van der Waals surface area contributed by atoms with E-state index < -0.39 is 0 Å². The number of aromatic nitrogens is 2. The highest BCUT2D eigenvalue weighted by molar-refractivity contribution is 9.10. The van der Waals surface area contributed by atoms with Crippen molar-refractivity contribution in [1.29, 1.82) is 0 Å². The third-order valence-corrected chi connectivity index (χ3v) is 3.31. The van der Waals surface area contributed by atoms with Crippen molar-refractivity contribution in [3.63, 3.8) is 0 Å². The summed E-state index contributed by atoms with van der Waals surface area (Å²) in [5.41, 5.74) is 3.33. The second-order valence-electron chi connectivity index (χ2n) is 3.18. The zero-order chi connectivity index (χ0) is 10.1. The van der Waals surface area contributed by atoms with Crippen molar-refractivity contribution in [2.75, 3.05) is 0 Å². The van der Waals surface area contributed by atoms with Crippen LogP contribution in [0.2, 0.25) is 0 Å². The van der Waals surface area contributed by atoms with Gasteiger partial charge in [0.25, 0.3) is 0 Å². The van der Waals surface area contributed by atoms with Crippen molar-refractivity contribution in [2.24, 2.45) is 0 Å². The lowest BCUT2D eigenvalue weighted by Gasteiger charge is -2.04. The second-order valence-corrected chi connectivity index (χ2v) is 3.97. The maximum absolute atomic E-state index is 4.71. The highest BCUT2D eigenvalue weighted by Crippen LogP contribution is 2.26. The Labute approximate surface area is 90.3 Å². The second kappa shape index (κ2) is 3.53. The van der Waals surface area contributed by atoms with Gasteiger partial charge in [-0.2, -0.15) is 4.98 Å². The van der Waals surface area contributed by atoms with E-state index in [9.17, 15) is 0 Å². The molecular formula is C10H9BrN2O. The number of hydrogen-bond donors (Lipinski definition) is 0. The molecule has 3 nitrogen and oxygen atoms in total. The maximum Gasteiger partial charge on any atom is 0.214 e. The van der Waals surface area contributed by atoms with Crippen LogP contribution in [-0.2, 0) is 0 Å². The molecule has 0 spiro atoms. The lowest BCUT2D eigenvalue weighted by Crippen LogP contribution is -1.86. The van der Waals surface area contributed by atoms with Gasteiger partial charge in [-0.3, -0.25) is 0 Å². The van der Waals surface area contributed by atoms with Crippen LogP contribution in [0.1, 0.15) is 11.1 Å².